The van der Waals surface area contributed by atoms with Crippen LogP contribution in [0.3, 0.4) is 0 Å². The van der Waals surface area contributed by atoms with Crippen LogP contribution in [0.15, 0.2) is 54.2 Å². The highest BCUT2D eigenvalue weighted by atomic mass is 32.2. The van der Waals surface area contributed by atoms with Crippen molar-refractivity contribution >= 4 is 17.7 Å². The summed E-state index contributed by atoms with van der Waals surface area (Å²) in [6.07, 6.45) is 10.1. The van der Waals surface area contributed by atoms with Gasteiger partial charge in [-0.25, -0.2) is 4.98 Å². The van der Waals surface area contributed by atoms with E-state index >= 15 is 0 Å². The molecule has 0 bridgehead atoms. The number of aromatic nitrogens is 5. The molecule has 1 N–H and O–H groups in total. The van der Waals surface area contributed by atoms with Gasteiger partial charge in [0.25, 0.3) is 5.91 Å². The maximum atomic E-state index is 13.3. The zero-order chi connectivity index (χ0) is 17.8. The second-order valence-corrected chi connectivity index (χ2v) is 7.25. The average Bonchev–Trinajstić information content (AvgIpc) is 3.32. The van der Waals surface area contributed by atoms with E-state index in [1.165, 1.54) is 11.2 Å². The van der Waals surface area contributed by atoms with Gasteiger partial charge in [-0.2, -0.15) is 15.0 Å². The molecular formula is C18H20N6OS. The number of carbonyl (C=O) groups is 1. The lowest BCUT2D eigenvalue weighted by Crippen LogP contribution is -2.45. The molecular weight excluding hydrogens is 348 g/mol. The van der Waals surface area contributed by atoms with E-state index in [4.69, 9.17) is 0 Å². The summed E-state index contributed by atoms with van der Waals surface area (Å²) in [6, 6.07) is 7.83. The maximum absolute atomic E-state index is 13.3. The van der Waals surface area contributed by atoms with Crippen LogP contribution in [-0.4, -0.2) is 54.1 Å². The van der Waals surface area contributed by atoms with Crippen molar-refractivity contribution in [1.82, 2.24) is 29.9 Å². The van der Waals surface area contributed by atoms with Crippen LogP contribution < -0.4 is 0 Å². The molecule has 1 aliphatic carbocycles. The third-order valence-electron chi connectivity index (χ3n) is 4.59. The summed E-state index contributed by atoms with van der Waals surface area (Å²) in [7, 11) is 0. The molecule has 0 aliphatic heterocycles. The zero-order valence-electron chi connectivity index (χ0n) is 14.3. The smallest absolute Gasteiger partial charge is 0.256 e. The maximum Gasteiger partial charge on any atom is 0.256 e. The largest absolute Gasteiger partial charge is 0.340 e. The minimum atomic E-state index is 0.0441. The van der Waals surface area contributed by atoms with E-state index in [9.17, 15) is 4.79 Å². The van der Waals surface area contributed by atoms with Crippen LogP contribution in [0.1, 0.15) is 29.6 Å². The fraction of sp³-hybridized carbons (Fsp3) is 0.333. The molecule has 0 radical (unpaired) electrons. The molecule has 1 amide bonds. The van der Waals surface area contributed by atoms with Crippen molar-refractivity contribution in [3.63, 3.8) is 0 Å². The summed E-state index contributed by atoms with van der Waals surface area (Å²) in [6.45, 7) is 0.690. The monoisotopic (exact) mass is 368 g/mol. The SMILES string of the molecule is O=C(c1ccccc1-n1nccn1)N(CCSc1ncc[nH]1)C1CCC1. The summed E-state index contributed by atoms with van der Waals surface area (Å²) < 4.78 is 0. The normalized spacial score (nSPS) is 14.2. The van der Waals surface area contributed by atoms with Gasteiger partial charge < -0.3 is 9.88 Å². The first kappa shape index (κ1) is 16.8. The highest BCUT2D eigenvalue weighted by molar-refractivity contribution is 7.99. The van der Waals surface area contributed by atoms with Gasteiger partial charge in [0.15, 0.2) is 5.16 Å². The average molecular weight is 368 g/mol. The lowest BCUT2D eigenvalue weighted by atomic mass is 9.91. The summed E-state index contributed by atoms with van der Waals surface area (Å²) in [4.78, 5) is 24.1. The van der Waals surface area contributed by atoms with E-state index in [1.54, 1.807) is 30.4 Å². The number of thioether (sulfide) groups is 1. The zero-order valence-corrected chi connectivity index (χ0v) is 15.1. The molecule has 0 saturated heterocycles. The van der Waals surface area contributed by atoms with E-state index in [0.29, 0.717) is 23.8 Å². The van der Waals surface area contributed by atoms with Gasteiger partial charge in [0.2, 0.25) is 0 Å². The van der Waals surface area contributed by atoms with Crippen molar-refractivity contribution in [3.8, 4) is 5.69 Å². The van der Waals surface area contributed by atoms with Gasteiger partial charge in [-0.15, -0.1) is 0 Å². The lowest BCUT2D eigenvalue weighted by molar-refractivity contribution is 0.0598. The first-order valence-electron chi connectivity index (χ1n) is 8.72. The number of nitrogens with zero attached hydrogens (tertiary/aromatic N) is 5. The van der Waals surface area contributed by atoms with Gasteiger partial charge in [0, 0.05) is 30.7 Å². The molecule has 0 atom stereocenters. The van der Waals surface area contributed by atoms with Crippen LogP contribution in [0.25, 0.3) is 5.69 Å². The Labute approximate surface area is 155 Å². The predicted octanol–water partition coefficient (Wildman–Crippen LogP) is 2.78. The number of H-pyrrole nitrogens is 1. The van der Waals surface area contributed by atoms with Crippen LogP contribution in [0.2, 0.25) is 0 Å². The number of imidazole rings is 1. The number of hydrogen-bond donors (Lipinski definition) is 1. The molecule has 1 aromatic carbocycles. The first-order chi connectivity index (χ1) is 12.8. The summed E-state index contributed by atoms with van der Waals surface area (Å²) >= 11 is 1.63. The van der Waals surface area contributed by atoms with Crippen LogP contribution in [0.4, 0.5) is 0 Å². The molecule has 2 heterocycles. The van der Waals surface area contributed by atoms with E-state index in [0.717, 1.165) is 23.8 Å². The molecule has 7 nitrogen and oxygen atoms in total. The Bertz CT molecular complexity index is 844. The van der Waals surface area contributed by atoms with Crippen LogP contribution >= 0.6 is 11.8 Å². The topological polar surface area (TPSA) is 79.7 Å². The molecule has 1 aliphatic rings. The number of para-hydroxylation sites is 1. The Hall–Kier alpha value is -2.61. The van der Waals surface area contributed by atoms with Gasteiger partial charge in [-0.05, 0) is 31.4 Å². The van der Waals surface area contributed by atoms with Gasteiger partial charge in [-0.3, -0.25) is 4.79 Å². The number of benzene rings is 1. The molecule has 0 spiro atoms. The predicted molar refractivity (Wildman–Crippen MR) is 99.3 cm³/mol. The van der Waals surface area contributed by atoms with E-state index in [-0.39, 0.29) is 5.91 Å². The Morgan fingerprint density at radius 3 is 2.73 bits per heavy atom. The third-order valence-corrected chi connectivity index (χ3v) is 5.47. The highest BCUT2D eigenvalue weighted by Gasteiger charge is 2.30. The van der Waals surface area contributed by atoms with Crippen molar-refractivity contribution in [1.29, 1.82) is 0 Å². The number of aromatic amines is 1. The van der Waals surface area contributed by atoms with Gasteiger partial charge in [-0.1, -0.05) is 23.9 Å². The van der Waals surface area contributed by atoms with Crippen molar-refractivity contribution < 1.29 is 4.79 Å². The minimum Gasteiger partial charge on any atom is -0.340 e. The first-order valence-corrected chi connectivity index (χ1v) is 9.70. The Kier molecular flexibility index (Phi) is 5.01. The molecule has 1 fully saturated rings. The highest BCUT2D eigenvalue weighted by Crippen LogP contribution is 2.28. The number of carbonyl (C=O) groups excluding carboxylic acids is 1. The molecule has 134 valence electrons. The summed E-state index contributed by atoms with van der Waals surface area (Å²) in [5.74, 6) is 0.848. The van der Waals surface area contributed by atoms with Crippen LogP contribution in [0.5, 0.6) is 0 Å². The van der Waals surface area contributed by atoms with Gasteiger partial charge >= 0.3 is 0 Å². The van der Waals surface area contributed by atoms with Crippen LogP contribution in [-0.2, 0) is 0 Å². The van der Waals surface area contributed by atoms with Crippen molar-refractivity contribution in [2.45, 2.75) is 30.5 Å². The molecule has 3 aromatic rings. The van der Waals surface area contributed by atoms with E-state index < -0.39 is 0 Å². The summed E-state index contributed by atoms with van der Waals surface area (Å²) in [5, 5.41) is 9.25. The molecule has 0 unspecified atom stereocenters. The van der Waals surface area contributed by atoms with E-state index in [1.807, 2.05) is 35.4 Å². The second kappa shape index (κ2) is 7.74. The molecule has 26 heavy (non-hydrogen) atoms. The van der Waals surface area contributed by atoms with Crippen LogP contribution in [0, 0.1) is 0 Å². The Morgan fingerprint density at radius 1 is 1.23 bits per heavy atom. The molecule has 2 aromatic heterocycles. The second-order valence-electron chi connectivity index (χ2n) is 6.16. The fourth-order valence-electron chi connectivity index (χ4n) is 3.04. The minimum absolute atomic E-state index is 0.0441. The molecule has 1 saturated carbocycles. The quantitative estimate of drug-likeness (QED) is 0.649. The van der Waals surface area contributed by atoms with E-state index in [2.05, 4.69) is 20.2 Å². The van der Waals surface area contributed by atoms with Gasteiger partial charge in [0.05, 0.1) is 23.6 Å². The van der Waals surface area contributed by atoms with Gasteiger partial charge in [0.1, 0.15) is 0 Å². The standard InChI is InChI=1S/C18H20N6OS/c25-17(15-6-1-2-7-16(15)24-21-10-11-22-24)23(14-4-3-5-14)12-13-26-18-19-8-9-20-18/h1-2,6-11,14H,3-5,12-13H2,(H,19,20). The number of amides is 1. The Morgan fingerprint density at radius 2 is 2.04 bits per heavy atom. The van der Waals surface area contributed by atoms with Crippen molar-refractivity contribution in [3.05, 3.63) is 54.6 Å². The number of hydrogen-bond acceptors (Lipinski definition) is 5. The number of nitrogens with one attached hydrogen (secondary N) is 1. The summed E-state index contributed by atoms with van der Waals surface area (Å²) in [5.41, 5.74) is 1.35. The Balaban J connectivity index is 1.53. The lowest BCUT2D eigenvalue weighted by Gasteiger charge is -2.37. The fourth-order valence-corrected chi connectivity index (χ4v) is 3.81. The van der Waals surface area contributed by atoms with Crippen molar-refractivity contribution in [2.75, 3.05) is 12.3 Å². The van der Waals surface area contributed by atoms with Crippen molar-refractivity contribution in [2.24, 2.45) is 0 Å². The molecule has 8 heteroatoms. The number of rotatable bonds is 7. The molecule has 4 rings (SSSR count). The third kappa shape index (κ3) is 3.50.